The third kappa shape index (κ3) is 5.73. The zero-order chi connectivity index (χ0) is 18.2. The molecule has 0 N–H and O–H groups in total. The Morgan fingerprint density at radius 3 is 2.62 bits per heavy atom. The van der Waals surface area contributed by atoms with Gasteiger partial charge >= 0.3 is 0 Å². The normalized spacial score (nSPS) is 18.0. The highest BCUT2D eigenvalue weighted by molar-refractivity contribution is 6.30. The first kappa shape index (κ1) is 19.2. The molecule has 1 aliphatic heterocycles. The van der Waals surface area contributed by atoms with Gasteiger partial charge < -0.3 is 9.47 Å². The Balaban J connectivity index is 1.43. The Hall–Kier alpha value is -1.55. The average molecular weight is 374 g/mol. The summed E-state index contributed by atoms with van der Waals surface area (Å²) >= 11 is 5.91. The third-order valence-electron chi connectivity index (χ3n) is 4.73. The van der Waals surface area contributed by atoms with Gasteiger partial charge in [-0.1, -0.05) is 42.8 Å². The highest BCUT2D eigenvalue weighted by Gasteiger charge is 2.21. The standard InChI is InChI=1S/C22H28ClNO2/c1-2-13-24-14-16-26-22(17-24)19-7-11-21(12-8-19)25-15-3-4-18-5-9-20(23)10-6-18/h5-12,22H,2-4,13-17H2,1H3. The second-order valence-corrected chi connectivity index (χ2v) is 7.24. The maximum absolute atomic E-state index is 5.94. The molecule has 2 aromatic rings. The van der Waals surface area contributed by atoms with Crippen molar-refractivity contribution in [1.29, 1.82) is 0 Å². The van der Waals surface area contributed by atoms with Crippen molar-refractivity contribution in [1.82, 2.24) is 4.90 Å². The van der Waals surface area contributed by atoms with Gasteiger partial charge in [-0.15, -0.1) is 0 Å². The highest BCUT2D eigenvalue weighted by Crippen LogP contribution is 2.24. The van der Waals surface area contributed by atoms with Crippen LogP contribution in [0.1, 0.15) is 37.0 Å². The van der Waals surface area contributed by atoms with E-state index < -0.39 is 0 Å². The number of rotatable bonds is 8. The molecule has 140 valence electrons. The summed E-state index contributed by atoms with van der Waals surface area (Å²) in [4.78, 5) is 2.48. The minimum Gasteiger partial charge on any atom is -0.494 e. The Kier molecular flexibility index (Phi) is 7.36. The number of hydrogen-bond acceptors (Lipinski definition) is 3. The largest absolute Gasteiger partial charge is 0.494 e. The summed E-state index contributed by atoms with van der Waals surface area (Å²) in [5.74, 6) is 0.922. The number of morpholine rings is 1. The molecule has 3 nitrogen and oxygen atoms in total. The molecule has 0 radical (unpaired) electrons. The minimum atomic E-state index is 0.175. The lowest BCUT2D eigenvalue weighted by Gasteiger charge is -2.33. The Labute approximate surface area is 161 Å². The average Bonchev–Trinajstić information content (AvgIpc) is 2.68. The summed E-state index contributed by atoms with van der Waals surface area (Å²) in [7, 11) is 0. The van der Waals surface area contributed by atoms with Crippen LogP contribution in [0.15, 0.2) is 48.5 Å². The predicted molar refractivity (Wildman–Crippen MR) is 107 cm³/mol. The molecule has 0 aromatic heterocycles. The first-order valence-electron chi connectivity index (χ1n) is 9.56. The van der Waals surface area contributed by atoms with Gasteiger partial charge in [0.25, 0.3) is 0 Å². The zero-order valence-electron chi connectivity index (χ0n) is 15.5. The monoisotopic (exact) mass is 373 g/mol. The number of hydrogen-bond donors (Lipinski definition) is 0. The van der Waals surface area contributed by atoms with Crippen LogP contribution in [0.25, 0.3) is 0 Å². The first-order valence-corrected chi connectivity index (χ1v) is 9.93. The molecule has 0 spiro atoms. The van der Waals surface area contributed by atoms with Crippen molar-refractivity contribution in [2.75, 3.05) is 32.8 Å². The van der Waals surface area contributed by atoms with E-state index in [0.29, 0.717) is 6.61 Å². The summed E-state index contributed by atoms with van der Waals surface area (Å²) in [5.41, 5.74) is 2.53. The van der Waals surface area contributed by atoms with Crippen LogP contribution in [-0.4, -0.2) is 37.7 Å². The predicted octanol–water partition coefficient (Wildman–Crippen LogP) is 5.13. The van der Waals surface area contributed by atoms with Crippen LogP contribution in [0.3, 0.4) is 0 Å². The van der Waals surface area contributed by atoms with Gasteiger partial charge in [-0.25, -0.2) is 0 Å². The van der Waals surface area contributed by atoms with Gasteiger partial charge in [-0.3, -0.25) is 4.90 Å². The smallest absolute Gasteiger partial charge is 0.119 e. The van der Waals surface area contributed by atoms with Crippen molar-refractivity contribution in [3.63, 3.8) is 0 Å². The van der Waals surface area contributed by atoms with E-state index in [9.17, 15) is 0 Å². The summed E-state index contributed by atoms with van der Waals surface area (Å²) in [6, 6.07) is 16.4. The van der Waals surface area contributed by atoms with E-state index in [1.807, 2.05) is 12.1 Å². The second-order valence-electron chi connectivity index (χ2n) is 6.81. The maximum Gasteiger partial charge on any atom is 0.119 e. The molecular formula is C22H28ClNO2. The van der Waals surface area contributed by atoms with Crippen LogP contribution in [-0.2, 0) is 11.2 Å². The molecule has 3 rings (SSSR count). The minimum absolute atomic E-state index is 0.175. The van der Waals surface area contributed by atoms with Gasteiger partial charge in [0, 0.05) is 18.1 Å². The molecular weight excluding hydrogens is 346 g/mol. The third-order valence-corrected chi connectivity index (χ3v) is 4.99. The molecule has 4 heteroatoms. The van der Waals surface area contributed by atoms with Crippen LogP contribution in [0.4, 0.5) is 0 Å². The Morgan fingerprint density at radius 1 is 1.12 bits per heavy atom. The first-order chi connectivity index (χ1) is 12.7. The fraction of sp³-hybridized carbons (Fsp3) is 0.455. The van der Waals surface area contributed by atoms with Crippen molar-refractivity contribution in [2.24, 2.45) is 0 Å². The fourth-order valence-corrected chi connectivity index (χ4v) is 3.45. The van der Waals surface area contributed by atoms with Gasteiger partial charge in [0.1, 0.15) is 5.75 Å². The van der Waals surface area contributed by atoms with Gasteiger partial charge in [-0.2, -0.15) is 0 Å². The molecule has 1 saturated heterocycles. The lowest BCUT2D eigenvalue weighted by atomic mass is 10.1. The Morgan fingerprint density at radius 2 is 1.88 bits per heavy atom. The molecule has 0 bridgehead atoms. The number of halogens is 1. The van der Waals surface area contributed by atoms with Gasteiger partial charge in [0.15, 0.2) is 0 Å². The summed E-state index contributed by atoms with van der Waals surface area (Å²) in [6.07, 6.45) is 3.35. The number of ether oxygens (including phenoxy) is 2. The van der Waals surface area contributed by atoms with E-state index >= 15 is 0 Å². The quantitative estimate of drug-likeness (QED) is 0.598. The van der Waals surface area contributed by atoms with E-state index in [1.54, 1.807) is 0 Å². The van der Waals surface area contributed by atoms with Crippen molar-refractivity contribution < 1.29 is 9.47 Å². The lowest BCUT2D eigenvalue weighted by Crippen LogP contribution is -2.38. The van der Waals surface area contributed by atoms with Crippen LogP contribution in [0.2, 0.25) is 5.02 Å². The van der Waals surface area contributed by atoms with Crippen LogP contribution in [0, 0.1) is 0 Å². The molecule has 1 aliphatic rings. The SMILES string of the molecule is CCCN1CCOC(c2ccc(OCCCc3ccc(Cl)cc3)cc2)C1. The van der Waals surface area contributed by atoms with Gasteiger partial charge in [0.2, 0.25) is 0 Å². The number of nitrogens with zero attached hydrogens (tertiary/aromatic N) is 1. The molecule has 2 aromatic carbocycles. The molecule has 1 atom stereocenters. The highest BCUT2D eigenvalue weighted by atomic mass is 35.5. The van der Waals surface area contributed by atoms with Crippen LogP contribution >= 0.6 is 11.6 Å². The second kappa shape index (κ2) is 9.96. The molecule has 0 aliphatic carbocycles. The fourth-order valence-electron chi connectivity index (χ4n) is 3.32. The summed E-state index contributed by atoms with van der Waals surface area (Å²) in [6.45, 7) is 6.92. The topological polar surface area (TPSA) is 21.7 Å². The lowest BCUT2D eigenvalue weighted by molar-refractivity contribution is -0.0298. The summed E-state index contributed by atoms with van der Waals surface area (Å²) < 4.78 is 11.8. The molecule has 26 heavy (non-hydrogen) atoms. The van der Waals surface area contributed by atoms with E-state index in [1.165, 1.54) is 17.5 Å². The summed E-state index contributed by atoms with van der Waals surface area (Å²) in [5, 5.41) is 0.782. The van der Waals surface area contributed by atoms with E-state index in [-0.39, 0.29) is 6.10 Å². The molecule has 0 amide bonds. The number of benzene rings is 2. The molecule has 1 heterocycles. The van der Waals surface area contributed by atoms with Crippen molar-refractivity contribution in [3.8, 4) is 5.75 Å². The Bertz CT molecular complexity index is 655. The number of aryl methyl sites for hydroxylation is 1. The van der Waals surface area contributed by atoms with Crippen molar-refractivity contribution in [3.05, 3.63) is 64.7 Å². The molecule has 0 saturated carbocycles. The van der Waals surface area contributed by atoms with Crippen LogP contribution < -0.4 is 4.74 Å². The van der Waals surface area contributed by atoms with E-state index in [4.69, 9.17) is 21.1 Å². The van der Waals surface area contributed by atoms with E-state index in [2.05, 4.69) is 48.2 Å². The van der Waals surface area contributed by atoms with Gasteiger partial charge in [0.05, 0.1) is 19.3 Å². The molecule has 1 fully saturated rings. The van der Waals surface area contributed by atoms with Crippen molar-refractivity contribution >= 4 is 11.6 Å². The van der Waals surface area contributed by atoms with Crippen molar-refractivity contribution in [2.45, 2.75) is 32.3 Å². The van der Waals surface area contributed by atoms with E-state index in [0.717, 1.165) is 49.9 Å². The molecule has 1 unspecified atom stereocenters. The zero-order valence-corrected chi connectivity index (χ0v) is 16.3. The maximum atomic E-state index is 5.94. The van der Waals surface area contributed by atoms with Gasteiger partial charge in [-0.05, 0) is 61.2 Å². The van der Waals surface area contributed by atoms with Crippen LogP contribution in [0.5, 0.6) is 5.75 Å².